The van der Waals surface area contributed by atoms with Gasteiger partial charge in [-0.3, -0.25) is 4.79 Å². The van der Waals surface area contributed by atoms with Gasteiger partial charge in [0.1, 0.15) is 5.69 Å². The van der Waals surface area contributed by atoms with Crippen molar-refractivity contribution >= 4 is 11.6 Å². The number of aromatic nitrogens is 3. The Morgan fingerprint density at radius 1 is 1.03 bits per heavy atom. The van der Waals surface area contributed by atoms with E-state index in [1.807, 2.05) is 42.5 Å². The third-order valence-electron chi connectivity index (χ3n) is 5.88. The van der Waals surface area contributed by atoms with Crippen LogP contribution in [0.5, 0.6) is 5.75 Å². The summed E-state index contributed by atoms with van der Waals surface area (Å²) in [5.74, 6) is 0.0798. The zero-order chi connectivity index (χ0) is 20.7. The summed E-state index contributed by atoms with van der Waals surface area (Å²) in [4.78, 5) is 16.4. The van der Waals surface area contributed by atoms with Crippen LogP contribution in [-0.2, 0) is 10.3 Å². The molecule has 6 nitrogen and oxygen atoms in total. The number of nitrogens with one attached hydrogen (secondary N) is 1. The number of aromatic hydroxyl groups is 1. The van der Waals surface area contributed by atoms with E-state index in [1.165, 1.54) is 6.07 Å². The first kappa shape index (κ1) is 18.4. The van der Waals surface area contributed by atoms with Crippen LogP contribution in [0.25, 0.3) is 28.2 Å². The van der Waals surface area contributed by atoms with Crippen molar-refractivity contribution in [2.45, 2.75) is 31.7 Å². The number of amides is 1. The summed E-state index contributed by atoms with van der Waals surface area (Å²) >= 11 is 0. The second-order valence-electron chi connectivity index (χ2n) is 7.82. The summed E-state index contributed by atoms with van der Waals surface area (Å²) < 4.78 is 1.68. The molecule has 2 heterocycles. The minimum atomic E-state index is -0.259. The van der Waals surface area contributed by atoms with Crippen LogP contribution in [0.2, 0.25) is 0 Å². The van der Waals surface area contributed by atoms with Crippen LogP contribution < -0.4 is 5.32 Å². The lowest BCUT2D eigenvalue weighted by molar-refractivity contribution is -0.122. The maximum absolute atomic E-state index is 11.7. The average molecular weight is 398 g/mol. The van der Waals surface area contributed by atoms with E-state index >= 15 is 0 Å². The second-order valence-corrected chi connectivity index (χ2v) is 7.82. The van der Waals surface area contributed by atoms with Gasteiger partial charge in [-0.05, 0) is 24.8 Å². The predicted molar refractivity (Wildman–Crippen MR) is 115 cm³/mol. The lowest BCUT2D eigenvalue weighted by Gasteiger charge is -2.43. The maximum Gasteiger partial charge on any atom is 0.217 e. The number of benzene rings is 2. The lowest BCUT2D eigenvalue weighted by Crippen LogP contribution is -2.50. The molecule has 0 unspecified atom stereocenters. The van der Waals surface area contributed by atoms with Gasteiger partial charge in [0.2, 0.25) is 5.91 Å². The molecule has 4 aromatic rings. The summed E-state index contributed by atoms with van der Waals surface area (Å²) in [6.45, 7) is 1.57. The fourth-order valence-corrected chi connectivity index (χ4v) is 4.29. The quantitative estimate of drug-likeness (QED) is 0.538. The number of carbonyl (C=O) groups is 1. The Kier molecular flexibility index (Phi) is 4.28. The van der Waals surface area contributed by atoms with Gasteiger partial charge < -0.3 is 10.4 Å². The largest absolute Gasteiger partial charge is 0.504 e. The third kappa shape index (κ3) is 2.92. The molecule has 2 N–H and O–H groups in total. The van der Waals surface area contributed by atoms with Crippen LogP contribution in [0, 0.1) is 0 Å². The van der Waals surface area contributed by atoms with E-state index in [0.29, 0.717) is 5.65 Å². The zero-order valence-electron chi connectivity index (χ0n) is 16.7. The van der Waals surface area contributed by atoms with Crippen LogP contribution in [0.4, 0.5) is 0 Å². The van der Waals surface area contributed by atoms with Gasteiger partial charge in [0.05, 0.1) is 17.4 Å². The monoisotopic (exact) mass is 398 g/mol. The summed E-state index contributed by atoms with van der Waals surface area (Å²) in [7, 11) is 0. The van der Waals surface area contributed by atoms with Crippen LogP contribution in [0.1, 0.15) is 31.7 Å². The van der Waals surface area contributed by atoms with Gasteiger partial charge in [0.15, 0.2) is 11.4 Å². The Bertz CT molecular complexity index is 1230. The molecule has 2 aromatic carbocycles. The minimum absolute atomic E-state index is 0.00737. The lowest BCUT2D eigenvalue weighted by atomic mass is 9.71. The van der Waals surface area contributed by atoms with Crippen LogP contribution >= 0.6 is 0 Å². The molecular formula is C24H22N4O2. The van der Waals surface area contributed by atoms with Gasteiger partial charge in [0, 0.05) is 24.1 Å². The highest BCUT2D eigenvalue weighted by Gasteiger charge is 2.39. The van der Waals surface area contributed by atoms with Gasteiger partial charge in [0.25, 0.3) is 0 Å². The molecule has 0 aliphatic heterocycles. The number of hydrogen-bond donors (Lipinski definition) is 2. The molecule has 0 radical (unpaired) electrons. The Labute approximate surface area is 174 Å². The zero-order valence-corrected chi connectivity index (χ0v) is 16.7. The summed E-state index contributed by atoms with van der Waals surface area (Å²) in [6.07, 6.45) is 4.58. The topological polar surface area (TPSA) is 79.5 Å². The molecule has 0 saturated heterocycles. The van der Waals surface area contributed by atoms with Gasteiger partial charge in [-0.25, -0.2) is 9.50 Å². The Balaban J connectivity index is 1.63. The van der Waals surface area contributed by atoms with Crippen molar-refractivity contribution in [1.29, 1.82) is 0 Å². The van der Waals surface area contributed by atoms with E-state index in [2.05, 4.69) is 22.5 Å². The van der Waals surface area contributed by atoms with Crippen molar-refractivity contribution in [2.24, 2.45) is 0 Å². The molecule has 0 bridgehead atoms. The molecule has 0 atom stereocenters. The number of carbonyl (C=O) groups excluding carboxylic acids is 1. The molecule has 1 aliphatic carbocycles. The van der Waals surface area contributed by atoms with E-state index in [4.69, 9.17) is 4.98 Å². The molecule has 6 heteroatoms. The first-order valence-corrected chi connectivity index (χ1v) is 10.1. The van der Waals surface area contributed by atoms with E-state index in [0.717, 1.165) is 47.3 Å². The van der Waals surface area contributed by atoms with Gasteiger partial charge >= 0.3 is 0 Å². The van der Waals surface area contributed by atoms with Crippen molar-refractivity contribution in [1.82, 2.24) is 19.9 Å². The number of nitrogens with zero attached hydrogens (tertiary/aromatic N) is 3. The highest BCUT2D eigenvalue weighted by atomic mass is 16.3. The summed E-state index contributed by atoms with van der Waals surface area (Å²) in [6, 6.07) is 19.7. The molecule has 1 saturated carbocycles. The van der Waals surface area contributed by atoms with Crippen molar-refractivity contribution in [3.63, 3.8) is 0 Å². The standard InChI is InChI=1S/C24H22N4O2/c1-16(29)27-24(13-5-14-24)19-10-8-17(9-11-19)21-22(18-6-3-2-4-7-18)28-23(26-21)20(30)12-15-25-28/h2-4,6-12,15,30H,5,13-14H2,1H3,(H,27,29). The molecular weight excluding hydrogens is 376 g/mol. The van der Waals surface area contributed by atoms with E-state index < -0.39 is 0 Å². The predicted octanol–water partition coefficient (Wildman–Crippen LogP) is 4.28. The first-order valence-electron chi connectivity index (χ1n) is 10.1. The van der Waals surface area contributed by atoms with Crippen molar-refractivity contribution in [3.8, 4) is 28.3 Å². The minimum Gasteiger partial charge on any atom is -0.504 e. The Morgan fingerprint density at radius 2 is 1.77 bits per heavy atom. The second kappa shape index (κ2) is 6.99. The molecule has 5 rings (SSSR count). The van der Waals surface area contributed by atoms with Crippen molar-refractivity contribution < 1.29 is 9.90 Å². The maximum atomic E-state index is 11.7. The number of rotatable bonds is 4. The normalized spacial score (nSPS) is 15.0. The summed E-state index contributed by atoms with van der Waals surface area (Å²) in [5.41, 5.74) is 4.75. The Hall–Kier alpha value is -3.67. The first-order chi connectivity index (χ1) is 14.6. The fourth-order valence-electron chi connectivity index (χ4n) is 4.29. The van der Waals surface area contributed by atoms with Crippen molar-refractivity contribution in [3.05, 3.63) is 72.4 Å². The van der Waals surface area contributed by atoms with Crippen LogP contribution in [0.3, 0.4) is 0 Å². The van der Waals surface area contributed by atoms with Crippen molar-refractivity contribution in [2.75, 3.05) is 0 Å². The smallest absolute Gasteiger partial charge is 0.217 e. The van der Waals surface area contributed by atoms with Crippen LogP contribution in [0.15, 0.2) is 66.9 Å². The molecule has 1 fully saturated rings. The van der Waals surface area contributed by atoms with Crippen LogP contribution in [-0.4, -0.2) is 25.6 Å². The fraction of sp³-hybridized carbons (Fsp3) is 0.208. The highest BCUT2D eigenvalue weighted by Crippen LogP contribution is 2.42. The number of hydrogen-bond acceptors (Lipinski definition) is 4. The van der Waals surface area contributed by atoms with E-state index in [9.17, 15) is 9.90 Å². The number of imidazole rings is 1. The SMILES string of the molecule is CC(=O)NC1(c2ccc(-c3nc4c(O)ccnn4c3-c3ccccc3)cc2)CCC1. The van der Waals surface area contributed by atoms with Gasteiger partial charge in [-0.2, -0.15) is 5.10 Å². The molecule has 30 heavy (non-hydrogen) atoms. The van der Waals surface area contributed by atoms with Gasteiger partial charge in [-0.15, -0.1) is 0 Å². The molecule has 1 aliphatic rings. The van der Waals surface area contributed by atoms with E-state index in [-0.39, 0.29) is 17.2 Å². The van der Waals surface area contributed by atoms with Gasteiger partial charge in [-0.1, -0.05) is 54.6 Å². The molecule has 2 aromatic heterocycles. The van der Waals surface area contributed by atoms with E-state index in [1.54, 1.807) is 17.6 Å². The highest BCUT2D eigenvalue weighted by molar-refractivity contribution is 5.83. The molecule has 150 valence electrons. The Morgan fingerprint density at radius 3 is 2.40 bits per heavy atom. The summed E-state index contributed by atoms with van der Waals surface area (Å²) in [5, 5.41) is 17.9. The molecule has 1 amide bonds. The molecule has 0 spiro atoms. The average Bonchev–Trinajstić information content (AvgIpc) is 3.12. The third-order valence-corrected chi connectivity index (χ3v) is 5.88. The number of fused-ring (bicyclic) bond motifs is 1.